The minimum atomic E-state index is -0.909. The molecule has 0 fully saturated rings. The van der Waals surface area contributed by atoms with E-state index in [-0.39, 0.29) is 6.61 Å². The van der Waals surface area contributed by atoms with Gasteiger partial charge in [-0.1, -0.05) is 30.3 Å². The molecule has 1 aliphatic rings. The molecule has 4 rings (SSSR count). The van der Waals surface area contributed by atoms with Gasteiger partial charge in [-0.3, -0.25) is 9.58 Å². The summed E-state index contributed by atoms with van der Waals surface area (Å²) in [7, 11) is 0. The van der Waals surface area contributed by atoms with Crippen LogP contribution < -0.4 is 4.74 Å². The highest BCUT2D eigenvalue weighted by Crippen LogP contribution is 2.23. The van der Waals surface area contributed by atoms with Gasteiger partial charge < -0.3 is 14.9 Å². The summed E-state index contributed by atoms with van der Waals surface area (Å²) < 4.78 is 7.75. The summed E-state index contributed by atoms with van der Waals surface area (Å²) in [6.45, 7) is 2.98. The molecule has 0 bridgehead atoms. The second kappa shape index (κ2) is 7.92. The molecule has 0 aliphatic carbocycles. The second-order valence-electron chi connectivity index (χ2n) is 6.75. The number of hydrogen-bond acceptors (Lipinski definition) is 5. The van der Waals surface area contributed by atoms with Crippen LogP contribution >= 0.6 is 0 Å². The molecular formula is C21H23N3O3. The van der Waals surface area contributed by atoms with Gasteiger partial charge in [0.2, 0.25) is 0 Å². The molecule has 1 unspecified atom stereocenters. The van der Waals surface area contributed by atoms with Crippen molar-refractivity contribution in [2.24, 2.45) is 0 Å². The monoisotopic (exact) mass is 365 g/mol. The Kier molecular flexibility index (Phi) is 5.20. The maximum Gasteiger partial charge on any atom is 0.127 e. The number of benzene rings is 2. The van der Waals surface area contributed by atoms with Gasteiger partial charge in [0.1, 0.15) is 17.6 Å². The summed E-state index contributed by atoms with van der Waals surface area (Å²) in [5.41, 5.74) is 2.82. The first-order chi connectivity index (χ1) is 13.2. The van der Waals surface area contributed by atoms with E-state index in [0.717, 1.165) is 43.4 Å². The van der Waals surface area contributed by atoms with Gasteiger partial charge in [-0.15, -0.1) is 0 Å². The highest BCUT2D eigenvalue weighted by Gasteiger charge is 2.20. The van der Waals surface area contributed by atoms with Crippen molar-refractivity contribution in [1.29, 1.82) is 0 Å². The number of aromatic nitrogens is 2. The van der Waals surface area contributed by atoms with Gasteiger partial charge >= 0.3 is 0 Å². The molecule has 2 aromatic carbocycles. The summed E-state index contributed by atoms with van der Waals surface area (Å²) in [4.78, 5) is 2.35. The Balaban J connectivity index is 1.38. The normalized spacial score (nSPS) is 15.3. The third kappa shape index (κ3) is 4.19. The zero-order valence-electron chi connectivity index (χ0n) is 15.0. The minimum Gasteiger partial charge on any atom is -0.457 e. The van der Waals surface area contributed by atoms with Gasteiger partial charge in [0.25, 0.3) is 0 Å². The highest BCUT2D eigenvalue weighted by atomic mass is 16.5. The number of rotatable bonds is 6. The van der Waals surface area contributed by atoms with Crippen LogP contribution in [0.3, 0.4) is 0 Å². The van der Waals surface area contributed by atoms with E-state index in [1.165, 1.54) is 5.56 Å². The van der Waals surface area contributed by atoms with Crippen molar-refractivity contribution in [1.82, 2.24) is 14.7 Å². The van der Waals surface area contributed by atoms with Gasteiger partial charge in [0, 0.05) is 19.6 Å². The number of nitrogens with zero attached hydrogens (tertiary/aromatic N) is 3. The molecule has 0 saturated carbocycles. The standard InChI is InChI=1S/C21H23N3O3/c25-15-21(26)20-12-17-14-23(10-11-24(17)22-20)13-16-6-8-19(9-7-16)27-18-4-2-1-3-5-18/h1-9,12,21,25-26H,10-11,13-15H2. The summed E-state index contributed by atoms with van der Waals surface area (Å²) in [6, 6.07) is 19.8. The van der Waals surface area contributed by atoms with E-state index in [0.29, 0.717) is 5.69 Å². The van der Waals surface area contributed by atoms with Crippen LogP contribution in [0.2, 0.25) is 0 Å². The van der Waals surface area contributed by atoms with Crippen molar-refractivity contribution in [2.75, 3.05) is 13.2 Å². The third-order valence-corrected chi connectivity index (χ3v) is 4.72. The second-order valence-corrected chi connectivity index (χ2v) is 6.75. The SMILES string of the molecule is OCC(O)c1cc2n(n1)CCN(Cc1ccc(Oc3ccccc3)cc1)C2. The molecule has 2 N–H and O–H groups in total. The fourth-order valence-electron chi connectivity index (χ4n) is 3.28. The van der Waals surface area contributed by atoms with E-state index in [4.69, 9.17) is 9.84 Å². The first kappa shape index (κ1) is 17.7. The van der Waals surface area contributed by atoms with Gasteiger partial charge in [0.15, 0.2) is 0 Å². The van der Waals surface area contributed by atoms with Crippen LogP contribution in [0, 0.1) is 0 Å². The van der Waals surface area contributed by atoms with Crippen LogP contribution in [0.4, 0.5) is 0 Å². The lowest BCUT2D eigenvalue weighted by Gasteiger charge is -2.27. The topological polar surface area (TPSA) is 70.8 Å². The molecule has 0 saturated heterocycles. The molecule has 6 heteroatoms. The van der Waals surface area contributed by atoms with Crippen LogP contribution in [-0.4, -0.2) is 38.0 Å². The Morgan fingerprint density at radius 1 is 1.00 bits per heavy atom. The fourth-order valence-corrected chi connectivity index (χ4v) is 3.28. The Hall–Kier alpha value is -2.67. The molecule has 1 atom stereocenters. The number of hydrogen-bond donors (Lipinski definition) is 2. The molecular weight excluding hydrogens is 342 g/mol. The zero-order chi connectivity index (χ0) is 18.6. The van der Waals surface area contributed by atoms with E-state index < -0.39 is 6.10 Å². The molecule has 2 heterocycles. The van der Waals surface area contributed by atoms with Gasteiger partial charge in [0.05, 0.1) is 24.5 Å². The van der Waals surface area contributed by atoms with Crippen molar-refractivity contribution >= 4 is 0 Å². The molecule has 140 valence electrons. The van der Waals surface area contributed by atoms with Crippen LogP contribution in [0.5, 0.6) is 11.5 Å². The van der Waals surface area contributed by atoms with Crippen LogP contribution in [0.25, 0.3) is 0 Å². The lowest BCUT2D eigenvalue weighted by molar-refractivity contribution is 0.0915. The van der Waals surface area contributed by atoms with Crippen molar-refractivity contribution in [3.8, 4) is 11.5 Å². The number of fused-ring (bicyclic) bond motifs is 1. The predicted molar refractivity (Wildman–Crippen MR) is 101 cm³/mol. The molecule has 6 nitrogen and oxygen atoms in total. The number of ether oxygens (including phenoxy) is 1. The van der Waals surface area contributed by atoms with Gasteiger partial charge in [-0.25, -0.2) is 0 Å². The molecule has 1 aliphatic heterocycles. The maximum absolute atomic E-state index is 9.76. The van der Waals surface area contributed by atoms with E-state index in [9.17, 15) is 5.11 Å². The summed E-state index contributed by atoms with van der Waals surface area (Å²) in [6.07, 6.45) is -0.909. The van der Waals surface area contributed by atoms with E-state index in [2.05, 4.69) is 22.1 Å². The van der Waals surface area contributed by atoms with E-state index in [1.54, 1.807) is 0 Å². The van der Waals surface area contributed by atoms with Crippen molar-refractivity contribution in [2.45, 2.75) is 25.7 Å². The smallest absolute Gasteiger partial charge is 0.127 e. The van der Waals surface area contributed by atoms with Crippen LogP contribution in [-0.2, 0) is 19.6 Å². The third-order valence-electron chi connectivity index (χ3n) is 4.72. The quantitative estimate of drug-likeness (QED) is 0.703. The maximum atomic E-state index is 9.76. The van der Waals surface area contributed by atoms with Gasteiger partial charge in [-0.05, 0) is 35.9 Å². The summed E-state index contributed by atoms with van der Waals surface area (Å²) >= 11 is 0. The van der Waals surface area contributed by atoms with Crippen molar-refractivity contribution in [3.05, 3.63) is 77.6 Å². The van der Waals surface area contributed by atoms with E-state index >= 15 is 0 Å². The number of aliphatic hydroxyl groups is 2. The lowest BCUT2D eigenvalue weighted by atomic mass is 10.1. The average Bonchev–Trinajstić information content (AvgIpc) is 3.13. The number of aliphatic hydroxyl groups excluding tert-OH is 2. The first-order valence-corrected chi connectivity index (χ1v) is 9.11. The summed E-state index contributed by atoms with van der Waals surface area (Å²) in [5, 5.41) is 23.2. The molecule has 3 aromatic rings. The molecule has 0 amide bonds. The summed E-state index contributed by atoms with van der Waals surface area (Å²) in [5.74, 6) is 1.65. The van der Waals surface area contributed by atoms with Crippen LogP contribution in [0.1, 0.15) is 23.1 Å². The Morgan fingerprint density at radius 3 is 2.48 bits per heavy atom. The van der Waals surface area contributed by atoms with Gasteiger partial charge in [-0.2, -0.15) is 5.10 Å². The fraction of sp³-hybridized carbons (Fsp3) is 0.286. The Morgan fingerprint density at radius 2 is 1.74 bits per heavy atom. The highest BCUT2D eigenvalue weighted by molar-refractivity contribution is 5.33. The van der Waals surface area contributed by atoms with Crippen LogP contribution in [0.15, 0.2) is 60.7 Å². The van der Waals surface area contributed by atoms with E-state index in [1.807, 2.05) is 53.2 Å². The predicted octanol–water partition coefficient (Wildman–Crippen LogP) is 2.72. The molecule has 1 aromatic heterocycles. The largest absolute Gasteiger partial charge is 0.457 e. The Labute approximate surface area is 158 Å². The molecule has 0 spiro atoms. The average molecular weight is 365 g/mol. The Bertz CT molecular complexity index is 877. The number of para-hydroxylation sites is 1. The first-order valence-electron chi connectivity index (χ1n) is 9.11. The molecule has 27 heavy (non-hydrogen) atoms. The zero-order valence-corrected chi connectivity index (χ0v) is 15.0. The molecule has 0 radical (unpaired) electrons. The van der Waals surface area contributed by atoms with Crippen molar-refractivity contribution < 1.29 is 14.9 Å². The van der Waals surface area contributed by atoms with Crippen molar-refractivity contribution in [3.63, 3.8) is 0 Å². The lowest BCUT2D eigenvalue weighted by Crippen LogP contribution is -2.33. The minimum absolute atomic E-state index is 0.308.